The van der Waals surface area contributed by atoms with Crippen LogP contribution in [0.4, 0.5) is 26.3 Å². The number of nitrogens with zero attached hydrogens (tertiary/aromatic N) is 4. The van der Waals surface area contributed by atoms with Crippen molar-refractivity contribution in [3.63, 3.8) is 0 Å². The van der Waals surface area contributed by atoms with Crippen molar-refractivity contribution < 1.29 is 51.6 Å². The van der Waals surface area contributed by atoms with Gasteiger partial charge in [0.15, 0.2) is 17.5 Å². The Hall–Kier alpha value is -4.99. The number of unbranched alkanes of at least 4 members (excludes halogenated alkanes) is 1. The predicted octanol–water partition coefficient (Wildman–Crippen LogP) is 6.49. The normalized spacial score (nSPS) is 14.5. The summed E-state index contributed by atoms with van der Waals surface area (Å²) in [5.74, 6) is -6.21. The lowest BCUT2D eigenvalue weighted by molar-refractivity contribution is -0.418. The van der Waals surface area contributed by atoms with Gasteiger partial charge in [-0.05, 0) is 68.9 Å². The topological polar surface area (TPSA) is 148 Å². The van der Waals surface area contributed by atoms with Crippen molar-refractivity contribution in [1.29, 1.82) is 0 Å². The fourth-order valence-electron chi connectivity index (χ4n) is 5.76. The molecule has 2 heterocycles. The molecule has 0 radical (unpaired) electrons. The number of fused-ring (bicyclic) bond motifs is 1. The minimum absolute atomic E-state index is 0.0131. The Morgan fingerprint density at radius 1 is 0.862 bits per heavy atom. The molecule has 0 bridgehead atoms. The van der Waals surface area contributed by atoms with Crippen LogP contribution in [0.1, 0.15) is 102 Å². The molecule has 320 valence electrons. The highest BCUT2D eigenvalue weighted by atomic mass is 19.4. The molecule has 1 aliphatic heterocycles. The molecule has 0 saturated carbocycles. The Morgan fingerprint density at radius 3 is 1.98 bits per heavy atom. The summed E-state index contributed by atoms with van der Waals surface area (Å²) in [6, 6.07) is -0.395. The number of allylic oxidation sites excluding steroid dienone is 10. The van der Waals surface area contributed by atoms with Crippen LogP contribution in [-0.4, -0.2) is 56.1 Å². The van der Waals surface area contributed by atoms with E-state index in [4.69, 9.17) is 0 Å². The number of carboxylic acid groups (broad SMARTS) is 1. The summed E-state index contributed by atoms with van der Waals surface area (Å²) >= 11 is 0. The van der Waals surface area contributed by atoms with Crippen molar-refractivity contribution in [2.75, 3.05) is 6.54 Å². The number of aromatic nitrogens is 3. The van der Waals surface area contributed by atoms with Crippen LogP contribution < -0.4 is 16.2 Å². The number of hydrogen-bond donors (Lipinski definition) is 2. The second-order valence-corrected chi connectivity index (χ2v) is 14.2. The van der Waals surface area contributed by atoms with Crippen molar-refractivity contribution in [2.45, 2.75) is 123 Å². The van der Waals surface area contributed by atoms with E-state index < -0.39 is 53.4 Å². The van der Waals surface area contributed by atoms with E-state index in [0.29, 0.717) is 25.3 Å². The zero-order valence-electron chi connectivity index (χ0n) is 33.5. The van der Waals surface area contributed by atoms with Gasteiger partial charge >= 0.3 is 6.18 Å². The number of alkyl halides is 3. The first-order chi connectivity index (χ1) is 27.5. The Morgan fingerprint density at radius 2 is 1.43 bits per heavy atom. The third-order valence-corrected chi connectivity index (χ3v) is 8.68. The van der Waals surface area contributed by atoms with Crippen LogP contribution in [-0.2, 0) is 40.1 Å². The maximum absolute atomic E-state index is 13.7. The van der Waals surface area contributed by atoms with Gasteiger partial charge < -0.3 is 30.4 Å². The second-order valence-electron chi connectivity index (χ2n) is 14.2. The van der Waals surface area contributed by atoms with E-state index in [1.54, 1.807) is 0 Å². The lowest BCUT2D eigenvalue weighted by Gasteiger charge is -2.28. The van der Waals surface area contributed by atoms with Crippen LogP contribution in [0.5, 0.6) is 0 Å². The lowest BCUT2D eigenvalue weighted by atomic mass is 10.0. The molecule has 16 heteroatoms. The minimum atomic E-state index is -4.63. The summed E-state index contributed by atoms with van der Waals surface area (Å²) in [5.41, 5.74) is 3.62. The Bertz CT molecular complexity index is 1750. The molecule has 0 unspecified atom stereocenters. The summed E-state index contributed by atoms with van der Waals surface area (Å²) in [7, 11) is 0. The molecule has 2 atom stereocenters. The number of quaternary nitrogens is 1. The maximum atomic E-state index is 13.7. The first-order valence-corrected chi connectivity index (χ1v) is 19.5. The van der Waals surface area contributed by atoms with Gasteiger partial charge in [0.2, 0.25) is 17.6 Å². The molecule has 0 spiro atoms. The number of hydrogen-bond acceptors (Lipinski definition) is 6. The van der Waals surface area contributed by atoms with E-state index in [2.05, 4.69) is 88.9 Å². The highest BCUT2D eigenvalue weighted by Gasteiger charge is 2.40. The third kappa shape index (κ3) is 19.0. The first kappa shape index (κ1) is 49.2. The largest absolute Gasteiger partial charge is 0.548 e. The van der Waals surface area contributed by atoms with Crippen LogP contribution >= 0.6 is 0 Å². The van der Waals surface area contributed by atoms with E-state index in [0.717, 1.165) is 49.2 Å². The van der Waals surface area contributed by atoms with Crippen molar-refractivity contribution in [1.82, 2.24) is 25.0 Å². The quantitative estimate of drug-likeness (QED) is 0.0637. The van der Waals surface area contributed by atoms with Gasteiger partial charge in [-0.1, -0.05) is 81.5 Å². The number of nitrogens with one attached hydrogen (secondary N) is 1. The smallest absolute Gasteiger partial charge is 0.451 e. The predicted molar refractivity (Wildman–Crippen MR) is 206 cm³/mol. The van der Waals surface area contributed by atoms with E-state index >= 15 is 0 Å². The number of rotatable bonds is 21. The van der Waals surface area contributed by atoms with Crippen LogP contribution in [0, 0.1) is 23.4 Å². The van der Waals surface area contributed by atoms with E-state index in [-0.39, 0.29) is 55.7 Å². The van der Waals surface area contributed by atoms with Crippen LogP contribution in [0.15, 0.2) is 72.9 Å². The summed E-state index contributed by atoms with van der Waals surface area (Å²) in [4.78, 5) is 36.6. The Balaban J connectivity index is 0.000000400. The molecule has 0 fully saturated rings. The average Bonchev–Trinajstić information content (AvgIpc) is 3.59. The van der Waals surface area contributed by atoms with E-state index in [1.165, 1.54) is 4.90 Å². The molecule has 3 rings (SSSR count). The number of amides is 2. The number of aliphatic carboxylic acids is 1. The van der Waals surface area contributed by atoms with Crippen molar-refractivity contribution in [3.8, 4) is 0 Å². The Labute approximate surface area is 336 Å². The standard InChI is InChI=1S/C26H41NO3.C16H15F6N5O/c1-4-5-6-7-8-9-10-11-12-13-14-15-16-17-18-19-20-21-25(28)27-24(26(29)30)22-23(2)3;17-10-6-12(19)11(18)4-8(10)3-9(23)5-14(28)26-1-2-27-13(7-26)24-25-15(27)16(20,21)22/h5-6,8-9,11-12,14-15,17-18,23-24H,4,7,10,13,16,19-22H2,1-3H3,(H,27,28)(H,29,30);4,6,9H,1-3,5,7,23H2/b6-5-,9-8-,12-11-,15-14-,18-17-;/t24-;9-/m01/s1. The summed E-state index contributed by atoms with van der Waals surface area (Å²) in [5, 5.41) is 20.2. The van der Waals surface area contributed by atoms with Crippen molar-refractivity contribution in [3.05, 3.63) is 108 Å². The lowest BCUT2D eigenvalue weighted by Crippen LogP contribution is -2.63. The fourth-order valence-corrected chi connectivity index (χ4v) is 5.76. The highest BCUT2D eigenvalue weighted by molar-refractivity contribution is 5.82. The van der Waals surface area contributed by atoms with Crippen LogP contribution in [0.3, 0.4) is 0 Å². The number of halogens is 6. The van der Waals surface area contributed by atoms with Gasteiger partial charge in [0, 0.05) is 32.0 Å². The number of carboxylic acids is 1. The van der Waals surface area contributed by atoms with E-state index in [1.807, 2.05) is 13.8 Å². The molecule has 0 aliphatic carbocycles. The van der Waals surface area contributed by atoms with Gasteiger partial charge in [0.05, 0.1) is 31.0 Å². The molecular formula is C42H56F6N6O4. The molecule has 0 saturated heterocycles. The van der Waals surface area contributed by atoms with Gasteiger partial charge in [-0.15, -0.1) is 10.2 Å². The molecule has 4 N–H and O–H groups in total. The molecule has 2 amide bonds. The SMILES string of the molecule is CC/C=C\C/C=C\C/C=C\C/C=C\C/C=C\CCCC(=O)N[C@@H](CC(C)C)C(=O)[O-].[NH3+][C@@H](CC(=O)N1CCn2c(nnc2C(F)(F)F)C1)Cc1cc(F)c(F)cc1F. The molecule has 58 heavy (non-hydrogen) atoms. The molecule has 2 aromatic rings. The van der Waals surface area contributed by atoms with Gasteiger partial charge in [-0.25, -0.2) is 13.2 Å². The van der Waals surface area contributed by atoms with Gasteiger partial charge in [0.1, 0.15) is 5.82 Å². The summed E-state index contributed by atoms with van der Waals surface area (Å²) < 4.78 is 79.4. The summed E-state index contributed by atoms with van der Waals surface area (Å²) in [6.07, 6.45) is 23.8. The average molecular weight is 823 g/mol. The molecule has 1 aliphatic rings. The van der Waals surface area contributed by atoms with Gasteiger partial charge in [-0.2, -0.15) is 13.2 Å². The van der Waals surface area contributed by atoms with Crippen LogP contribution in [0.25, 0.3) is 0 Å². The first-order valence-electron chi connectivity index (χ1n) is 19.5. The highest BCUT2D eigenvalue weighted by Crippen LogP contribution is 2.29. The molecule has 1 aromatic heterocycles. The maximum Gasteiger partial charge on any atom is 0.451 e. The van der Waals surface area contributed by atoms with Gasteiger partial charge in [0.25, 0.3) is 0 Å². The molecular weight excluding hydrogens is 766 g/mol. The minimum Gasteiger partial charge on any atom is -0.548 e. The zero-order chi connectivity index (χ0) is 43.1. The summed E-state index contributed by atoms with van der Waals surface area (Å²) in [6.45, 7) is 5.75. The fraction of sp³-hybridized carbons (Fsp3) is 0.500. The third-order valence-electron chi connectivity index (χ3n) is 8.68. The Kier molecular flexibility index (Phi) is 22.1. The van der Waals surface area contributed by atoms with Gasteiger partial charge in [-0.3, -0.25) is 9.59 Å². The van der Waals surface area contributed by atoms with Crippen LogP contribution in [0.2, 0.25) is 0 Å². The van der Waals surface area contributed by atoms with Crippen molar-refractivity contribution in [2.24, 2.45) is 5.92 Å². The second kappa shape index (κ2) is 26.1. The number of carbonyl (C=O) groups excluding carboxylic acids is 3. The van der Waals surface area contributed by atoms with Crippen molar-refractivity contribution >= 4 is 17.8 Å². The monoisotopic (exact) mass is 822 g/mol. The molecule has 10 nitrogen and oxygen atoms in total. The van der Waals surface area contributed by atoms with E-state index in [9.17, 15) is 45.8 Å². The zero-order valence-corrected chi connectivity index (χ0v) is 33.5. The number of carbonyl (C=O) groups is 3. The molecule has 1 aromatic carbocycles. The number of benzene rings is 1.